The average Bonchev–Trinajstić information content (AvgIpc) is 2.37. The minimum absolute atomic E-state index is 0.00535. The van der Waals surface area contributed by atoms with Crippen LogP contribution in [-0.2, 0) is 10.0 Å². The maximum Gasteiger partial charge on any atom is 0.252 e. The van der Waals surface area contributed by atoms with Crippen LogP contribution >= 0.6 is 0 Å². The molecule has 0 aliphatic carbocycles. The molecule has 7 nitrogen and oxygen atoms in total. The van der Waals surface area contributed by atoms with Gasteiger partial charge in [0, 0.05) is 12.6 Å². The van der Waals surface area contributed by atoms with Gasteiger partial charge in [0.25, 0.3) is 5.91 Å². The predicted molar refractivity (Wildman–Crippen MR) is 70.3 cm³/mol. The van der Waals surface area contributed by atoms with Crippen molar-refractivity contribution in [2.75, 3.05) is 13.7 Å². The summed E-state index contributed by atoms with van der Waals surface area (Å²) in [5, 5.41) is 0. The Morgan fingerprint density at radius 2 is 2.11 bits per heavy atom. The first-order chi connectivity index (χ1) is 8.81. The molecular weight excluding hydrogens is 270 g/mol. The maximum atomic E-state index is 12.0. The molecule has 0 radical (unpaired) electrons. The van der Waals surface area contributed by atoms with Gasteiger partial charge in [0.05, 0.1) is 17.6 Å². The number of carbonyl (C=O) groups excluding carboxylic acids is 1. The molecule has 0 aliphatic heterocycles. The minimum Gasteiger partial charge on any atom is -0.496 e. The van der Waals surface area contributed by atoms with Gasteiger partial charge in [-0.05, 0) is 25.1 Å². The summed E-state index contributed by atoms with van der Waals surface area (Å²) in [7, 11) is -2.38. The molecule has 8 heteroatoms. The number of benzene rings is 1. The van der Waals surface area contributed by atoms with Crippen LogP contribution in [0.2, 0.25) is 0 Å². The van der Waals surface area contributed by atoms with Gasteiger partial charge in [-0.2, -0.15) is 0 Å². The Bertz CT molecular complexity index is 571. The van der Waals surface area contributed by atoms with E-state index in [0.717, 1.165) is 0 Å². The van der Waals surface area contributed by atoms with Crippen LogP contribution in [0.15, 0.2) is 23.1 Å². The molecule has 0 spiro atoms. The van der Waals surface area contributed by atoms with Gasteiger partial charge in [-0.1, -0.05) is 0 Å². The van der Waals surface area contributed by atoms with Gasteiger partial charge in [-0.15, -0.1) is 0 Å². The lowest BCUT2D eigenvalue weighted by Crippen LogP contribution is -2.37. The molecule has 5 N–H and O–H groups in total. The SMILES string of the molecule is COc1ccc(S(=O)(=O)N[C@H](C)CN)cc1C(N)=O. The van der Waals surface area contributed by atoms with Crippen molar-refractivity contribution in [3.8, 4) is 5.75 Å². The van der Waals surface area contributed by atoms with Crippen LogP contribution in [0.25, 0.3) is 0 Å². The number of hydrogen-bond donors (Lipinski definition) is 3. The fourth-order valence-electron chi connectivity index (χ4n) is 1.43. The molecule has 1 aromatic rings. The lowest BCUT2D eigenvalue weighted by molar-refractivity contribution is 0.0997. The Morgan fingerprint density at radius 1 is 1.47 bits per heavy atom. The summed E-state index contributed by atoms with van der Waals surface area (Å²) in [5.41, 5.74) is 10.5. The van der Waals surface area contributed by atoms with Crippen LogP contribution in [0.3, 0.4) is 0 Å². The highest BCUT2D eigenvalue weighted by Crippen LogP contribution is 2.22. The molecule has 0 aliphatic rings. The van der Waals surface area contributed by atoms with Crippen molar-refractivity contribution in [3.05, 3.63) is 23.8 Å². The van der Waals surface area contributed by atoms with E-state index in [4.69, 9.17) is 16.2 Å². The number of carbonyl (C=O) groups is 1. The lowest BCUT2D eigenvalue weighted by Gasteiger charge is -2.13. The van der Waals surface area contributed by atoms with Crippen LogP contribution in [-0.4, -0.2) is 34.0 Å². The standard InChI is InChI=1S/C11H17N3O4S/c1-7(6-12)14-19(16,17)8-3-4-10(18-2)9(5-8)11(13)15/h3-5,7,14H,6,12H2,1-2H3,(H2,13,15)/t7-/m1/s1. The van der Waals surface area contributed by atoms with Gasteiger partial charge >= 0.3 is 0 Å². The monoisotopic (exact) mass is 287 g/mol. The number of rotatable bonds is 6. The van der Waals surface area contributed by atoms with Crippen LogP contribution in [0.5, 0.6) is 5.75 Å². The summed E-state index contributed by atoms with van der Waals surface area (Å²) >= 11 is 0. The number of primary amides is 1. The minimum atomic E-state index is -3.75. The molecule has 19 heavy (non-hydrogen) atoms. The number of amides is 1. The largest absolute Gasteiger partial charge is 0.496 e. The fourth-order valence-corrected chi connectivity index (χ4v) is 2.71. The Morgan fingerprint density at radius 3 is 2.58 bits per heavy atom. The van der Waals surface area contributed by atoms with Crippen molar-refractivity contribution < 1.29 is 17.9 Å². The van der Waals surface area contributed by atoms with Crippen molar-refractivity contribution in [1.29, 1.82) is 0 Å². The summed E-state index contributed by atoms with van der Waals surface area (Å²) in [6.07, 6.45) is 0. The number of nitrogens with one attached hydrogen (secondary N) is 1. The van der Waals surface area contributed by atoms with E-state index in [2.05, 4.69) is 4.72 Å². The fraction of sp³-hybridized carbons (Fsp3) is 0.364. The lowest BCUT2D eigenvalue weighted by atomic mass is 10.2. The second-order valence-corrected chi connectivity index (χ2v) is 5.70. The van der Waals surface area contributed by atoms with Gasteiger partial charge in [-0.3, -0.25) is 4.79 Å². The van der Waals surface area contributed by atoms with Crippen molar-refractivity contribution in [1.82, 2.24) is 4.72 Å². The molecule has 0 unspecified atom stereocenters. The molecule has 1 aromatic carbocycles. The van der Waals surface area contributed by atoms with E-state index in [9.17, 15) is 13.2 Å². The second-order valence-electron chi connectivity index (χ2n) is 3.98. The predicted octanol–water partition coefficient (Wildman–Crippen LogP) is -0.580. The summed E-state index contributed by atoms with van der Waals surface area (Å²) in [5.74, 6) is -0.543. The van der Waals surface area contributed by atoms with Crippen molar-refractivity contribution >= 4 is 15.9 Å². The highest BCUT2D eigenvalue weighted by molar-refractivity contribution is 7.89. The zero-order chi connectivity index (χ0) is 14.6. The first-order valence-corrected chi connectivity index (χ1v) is 7.00. The summed E-state index contributed by atoms with van der Waals surface area (Å²) in [6.45, 7) is 1.80. The second kappa shape index (κ2) is 6.00. The Balaban J connectivity index is 3.22. The molecule has 1 amide bonds. The van der Waals surface area contributed by atoms with E-state index in [-0.39, 0.29) is 22.8 Å². The Labute approximate surface area is 112 Å². The molecule has 0 saturated carbocycles. The summed E-state index contributed by atoms with van der Waals surface area (Å²) < 4.78 is 31.4. The molecule has 0 bridgehead atoms. The van der Waals surface area contributed by atoms with Crippen molar-refractivity contribution in [2.24, 2.45) is 11.5 Å². The van der Waals surface area contributed by atoms with Crippen molar-refractivity contribution in [2.45, 2.75) is 17.9 Å². The van der Waals surface area contributed by atoms with Gasteiger partial charge in [-0.25, -0.2) is 13.1 Å². The van der Waals surface area contributed by atoms with Gasteiger partial charge in [0.2, 0.25) is 10.0 Å². The highest BCUT2D eigenvalue weighted by atomic mass is 32.2. The van der Waals surface area contributed by atoms with Gasteiger partial charge < -0.3 is 16.2 Å². The topological polar surface area (TPSA) is 125 Å². The van der Waals surface area contributed by atoms with E-state index in [1.807, 2.05) is 0 Å². The third kappa shape index (κ3) is 3.66. The molecule has 0 fully saturated rings. The van der Waals surface area contributed by atoms with Crippen LogP contribution in [0.1, 0.15) is 17.3 Å². The van der Waals surface area contributed by atoms with E-state index in [1.165, 1.54) is 25.3 Å². The number of methoxy groups -OCH3 is 1. The summed E-state index contributed by atoms with van der Waals surface area (Å²) in [4.78, 5) is 11.2. The smallest absolute Gasteiger partial charge is 0.252 e. The van der Waals surface area contributed by atoms with E-state index >= 15 is 0 Å². The molecular formula is C11H17N3O4S. The number of hydrogen-bond acceptors (Lipinski definition) is 5. The zero-order valence-corrected chi connectivity index (χ0v) is 11.5. The molecule has 0 saturated heterocycles. The van der Waals surface area contributed by atoms with E-state index < -0.39 is 22.0 Å². The molecule has 1 rings (SSSR count). The quantitative estimate of drug-likeness (QED) is 0.645. The van der Waals surface area contributed by atoms with Crippen LogP contribution in [0, 0.1) is 0 Å². The number of ether oxygens (including phenoxy) is 1. The first-order valence-electron chi connectivity index (χ1n) is 5.52. The highest BCUT2D eigenvalue weighted by Gasteiger charge is 2.20. The van der Waals surface area contributed by atoms with Crippen molar-refractivity contribution in [3.63, 3.8) is 0 Å². The maximum absolute atomic E-state index is 12.0. The molecule has 1 atom stereocenters. The average molecular weight is 287 g/mol. The molecule has 0 heterocycles. The number of sulfonamides is 1. The Kier molecular flexibility index (Phi) is 4.87. The van der Waals surface area contributed by atoms with Gasteiger partial charge in [0.1, 0.15) is 5.75 Å². The van der Waals surface area contributed by atoms with Gasteiger partial charge in [0.15, 0.2) is 0 Å². The van der Waals surface area contributed by atoms with E-state index in [1.54, 1.807) is 6.92 Å². The first kappa shape index (κ1) is 15.4. The molecule has 0 aromatic heterocycles. The van der Waals surface area contributed by atoms with Crippen LogP contribution < -0.4 is 20.9 Å². The van der Waals surface area contributed by atoms with Crippen LogP contribution in [0.4, 0.5) is 0 Å². The normalized spacial score (nSPS) is 13.0. The van der Waals surface area contributed by atoms with E-state index in [0.29, 0.717) is 0 Å². The number of nitrogens with two attached hydrogens (primary N) is 2. The summed E-state index contributed by atoms with van der Waals surface area (Å²) in [6, 6.07) is 3.47. The zero-order valence-electron chi connectivity index (χ0n) is 10.7. The third-order valence-corrected chi connectivity index (χ3v) is 4.04. The molecule has 106 valence electrons. The Hall–Kier alpha value is -1.64. The third-order valence-electron chi connectivity index (χ3n) is 2.46.